The molecule has 0 unspecified atom stereocenters. The molecule has 0 aromatic carbocycles. The Bertz CT molecular complexity index is 479. The van der Waals surface area contributed by atoms with E-state index in [0.29, 0.717) is 37.2 Å². The summed E-state index contributed by atoms with van der Waals surface area (Å²) in [6.07, 6.45) is 1.35. The summed E-state index contributed by atoms with van der Waals surface area (Å²) in [5.74, 6) is 1.47. The lowest BCUT2D eigenvalue weighted by molar-refractivity contribution is -0.00780. The van der Waals surface area contributed by atoms with Crippen LogP contribution in [0.1, 0.15) is 20.8 Å². The summed E-state index contributed by atoms with van der Waals surface area (Å²) in [5, 5.41) is 0. The number of hydrogen-bond donors (Lipinski definition) is 1. The number of pyridine rings is 1. The van der Waals surface area contributed by atoms with E-state index >= 15 is 0 Å². The molecule has 1 fully saturated rings. The van der Waals surface area contributed by atoms with Crippen LogP contribution in [0.15, 0.2) is 18.3 Å². The maximum absolute atomic E-state index is 11.7. The van der Waals surface area contributed by atoms with Crippen LogP contribution in [0.2, 0.25) is 0 Å². The summed E-state index contributed by atoms with van der Waals surface area (Å²) in [5.41, 5.74) is 5.12. The molecule has 6 nitrogen and oxygen atoms in total. The van der Waals surface area contributed by atoms with Crippen LogP contribution in [-0.2, 0) is 4.74 Å². The molecule has 1 aliphatic heterocycles. The van der Waals surface area contributed by atoms with Gasteiger partial charge in [-0.25, -0.2) is 9.78 Å². The maximum atomic E-state index is 11.7. The molecular formula is C14H21N3O3. The third-order valence-electron chi connectivity index (χ3n) is 2.85. The Morgan fingerprint density at radius 2 is 2.20 bits per heavy atom. The van der Waals surface area contributed by atoms with Gasteiger partial charge in [0.15, 0.2) is 0 Å². The number of hydrogen-bond acceptors (Lipinski definition) is 5. The Kier molecular flexibility index (Phi) is 4.01. The van der Waals surface area contributed by atoms with Crippen molar-refractivity contribution in [2.24, 2.45) is 5.92 Å². The van der Waals surface area contributed by atoms with E-state index in [2.05, 4.69) is 4.98 Å². The number of anilines is 1. The first-order valence-electron chi connectivity index (χ1n) is 6.66. The van der Waals surface area contributed by atoms with Crippen molar-refractivity contribution in [3.05, 3.63) is 18.3 Å². The van der Waals surface area contributed by atoms with E-state index in [1.165, 1.54) is 0 Å². The summed E-state index contributed by atoms with van der Waals surface area (Å²) in [7, 11) is 0. The molecular weight excluding hydrogens is 258 g/mol. The predicted molar refractivity (Wildman–Crippen MR) is 75.4 cm³/mol. The van der Waals surface area contributed by atoms with E-state index < -0.39 is 5.60 Å². The second-order valence-electron chi connectivity index (χ2n) is 5.98. The normalized spacial score (nSPS) is 15.7. The van der Waals surface area contributed by atoms with E-state index in [0.717, 1.165) is 0 Å². The minimum atomic E-state index is -0.451. The molecule has 1 saturated heterocycles. The fourth-order valence-corrected chi connectivity index (χ4v) is 1.88. The van der Waals surface area contributed by atoms with Gasteiger partial charge in [-0.05, 0) is 26.8 Å². The van der Waals surface area contributed by atoms with E-state index in [1.54, 1.807) is 23.2 Å². The quantitative estimate of drug-likeness (QED) is 0.914. The lowest BCUT2D eigenvalue weighted by atomic mass is 10.0. The van der Waals surface area contributed by atoms with Gasteiger partial charge in [-0.15, -0.1) is 0 Å². The Morgan fingerprint density at radius 3 is 2.80 bits per heavy atom. The first kappa shape index (κ1) is 14.4. The summed E-state index contributed by atoms with van der Waals surface area (Å²) in [6.45, 7) is 7.46. The van der Waals surface area contributed by atoms with Crippen molar-refractivity contribution in [1.82, 2.24) is 9.88 Å². The number of carbonyl (C=O) groups excluding carboxylic acids is 1. The van der Waals surface area contributed by atoms with Crippen LogP contribution < -0.4 is 10.5 Å². The molecule has 110 valence electrons. The van der Waals surface area contributed by atoms with Gasteiger partial charge in [0.1, 0.15) is 17.2 Å². The van der Waals surface area contributed by atoms with Crippen LogP contribution in [0.4, 0.5) is 10.6 Å². The molecule has 0 radical (unpaired) electrons. The summed E-state index contributed by atoms with van der Waals surface area (Å²) >= 11 is 0. The molecule has 20 heavy (non-hydrogen) atoms. The third-order valence-corrected chi connectivity index (χ3v) is 2.85. The fraction of sp³-hybridized carbons (Fsp3) is 0.571. The van der Waals surface area contributed by atoms with Gasteiger partial charge in [0.05, 0.1) is 6.61 Å². The van der Waals surface area contributed by atoms with Crippen LogP contribution in [0.25, 0.3) is 0 Å². The first-order chi connectivity index (χ1) is 9.33. The smallest absolute Gasteiger partial charge is 0.410 e. The minimum Gasteiger partial charge on any atom is -0.493 e. The van der Waals surface area contributed by atoms with Crippen molar-refractivity contribution in [1.29, 1.82) is 0 Å². The second-order valence-corrected chi connectivity index (χ2v) is 5.98. The van der Waals surface area contributed by atoms with Gasteiger partial charge in [0, 0.05) is 31.3 Å². The van der Waals surface area contributed by atoms with Crippen molar-refractivity contribution in [3.63, 3.8) is 0 Å². The van der Waals surface area contributed by atoms with Crippen LogP contribution in [0.5, 0.6) is 5.75 Å². The number of nitrogens with zero attached hydrogens (tertiary/aromatic N) is 2. The van der Waals surface area contributed by atoms with Crippen LogP contribution in [0.3, 0.4) is 0 Å². The predicted octanol–water partition coefficient (Wildman–Crippen LogP) is 1.91. The van der Waals surface area contributed by atoms with Crippen LogP contribution in [0, 0.1) is 5.92 Å². The second kappa shape index (κ2) is 5.56. The largest absolute Gasteiger partial charge is 0.493 e. The number of nitrogens with two attached hydrogens (primary N) is 1. The molecule has 1 aromatic rings. The zero-order valence-corrected chi connectivity index (χ0v) is 12.1. The standard InChI is InChI=1S/C14H21N3O3/c1-14(2,3)20-13(18)17-7-10(8-17)9-19-11-4-5-16-12(15)6-11/h4-6,10H,7-9H2,1-3H3,(H2,15,16). The molecule has 1 aromatic heterocycles. The number of ether oxygens (including phenoxy) is 2. The third kappa shape index (κ3) is 4.01. The van der Waals surface area contributed by atoms with E-state index in [9.17, 15) is 4.79 Å². The summed E-state index contributed by atoms with van der Waals surface area (Å²) in [4.78, 5) is 17.3. The first-order valence-corrected chi connectivity index (χ1v) is 6.66. The fourth-order valence-electron chi connectivity index (χ4n) is 1.88. The minimum absolute atomic E-state index is 0.262. The van der Waals surface area contributed by atoms with Crippen LogP contribution >= 0.6 is 0 Å². The highest BCUT2D eigenvalue weighted by atomic mass is 16.6. The van der Waals surface area contributed by atoms with E-state index in [-0.39, 0.29) is 6.09 Å². The van der Waals surface area contributed by atoms with Crippen molar-refractivity contribution in [3.8, 4) is 5.75 Å². The van der Waals surface area contributed by atoms with Crippen molar-refractivity contribution in [2.75, 3.05) is 25.4 Å². The van der Waals surface area contributed by atoms with Gasteiger partial charge in [-0.3, -0.25) is 0 Å². The van der Waals surface area contributed by atoms with E-state index in [4.69, 9.17) is 15.2 Å². The monoisotopic (exact) mass is 279 g/mol. The molecule has 2 heterocycles. The van der Waals surface area contributed by atoms with E-state index in [1.807, 2.05) is 20.8 Å². The molecule has 0 saturated carbocycles. The zero-order valence-electron chi connectivity index (χ0n) is 12.1. The highest BCUT2D eigenvalue weighted by molar-refractivity contribution is 5.69. The Hall–Kier alpha value is -1.98. The lowest BCUT2D eigenvalue weighted by Crippen LogP contribution is -2.53. The molecule has 0 aliphatic carbocycles. The Labute approximate surface area is 118 Å². The van der Waals surface area contributed by atoms with Gasteiger partial charge in [-0.2, -0.15) is 0 Å². The van der Waals surface area contributed by atoms with Crippen molar-refractivity contribution < 1.29 is 14.3 Å². The maximum Gasteiger partial charge on any atom is 0.410 e. The molecule has 0 spiro atoms. The number of carbonyl (C=O) groups is 1. The van der Waals surface area contributed by atoms with Gasteiger partial charge in [-0.1, -0.05) is 0 Å². The average Bonchev–Trinajstić information content (AvgIpc) is 2.24. The Morgan fingerprint density at radius 1 is 1.50 bits per heavy atom. The lowest BCUT2D eigenvalue weighted by Gasteiger charge is -2.39. The van der Waals surface area contributed by atoms with Gasteiger partial charge >= 0.3 is 6.09 Å². The molecule has 2 N–H and O–H groups in total. The number of nitrogen functional groups attached to an aromatic ring is 1. The molecule has 0 bridgehead atoms. The number of likely N-dealkylation sites (tertiary alicyclic amines) is 1. The zero-order chi connectivity index (χ0) is 14.8. The van der Waals surface area contributed by atoms with Gasteiger partial charge < -0.3 is 20.1 Å². The number of aromatic nitrogens is 1. The SMILES string of the molecule is CC(C)(C)OC(=O)N1CC(COc2ccnc(N)c2)C1. The number of rotatable bonds is 3. The average molecular weight is 279 g/mol. The molecule has 1 aliphatic rings. The van der Waals surface area contributed by atoms with Gasteiger partial charge in [0.25, 0.3) is 0 Å². The Balaban J connectivity index is 1.71. The molecule has 2 rings (SSSR count). The van der Waals surface area contributed by atoms with Crippen LogP contribution in [-0.4, -0.2) is 41.3 Å². The highest BCUT2D eigenvalue weighted by Gasteiger charge is 2.33. The molecule has 6 heteroatoms. The summed E-state index contributed by atoms with van der Waals surface area (Å²) in [6, 6.07) is 3.45. The topological polar surface area (TPSA) is 77.7 Å². The van der Waals surface area contributed by atoms with Crippen molar-refractivity contribution >= 4 is 11.9 Å². The highest BCUT2D eigenvalue weighted by Crippen LogP contribution is 2.21. The number of amides is 1. The van der Waals surface area contributed by atoms with Gasteiger partial charge in [0.2, 0.25) is 0 Å². The van der Waals surface area contributed by atoms with Crippen molar-refractivity contribution in [2.45, 2.75) is 26.4 Å². The molecule has 1 amide bonds. The summed E-state index contributed by atoms with van der Waals surface area (Å²) < 4.78 is 10.9. The molecule has 0 atom stereocenters.